The van der Waals surface area contributed by atoms with E-state index in [1.807, 2.05) is 42.2 Å². The van der Waals surface area contributed by atoms with Crippen molar-refractivity contribution in [2.24, 2.45) is 0 Å². The molecule has 0 aromatic heterocycles. The maximum Gasteiger partial charge on any atom is 0.320 e. The first kappa shape index (κ1) is 17.8. The molecule has 23 heavy (non-hydrogen) atoms. The number of thioether (sulfide) groups is 1. The third-order valence-electron chi connectivity index (χ3n) is 3.70. The zero-order valence-corrected chi connectivity index (χ0v) is 14.4. The molecule has 1 aromatic carbocycles. The van der Waals surface area contributed by atoms with Gasteiger partial charge in [0.05, 0.1) is 18.9 Å². The van der Waals surface area contributed by atoms with Crippen molar-refractivity contribution in [3.63, 3.8) is 0 Å². The summed E-state index contributed by atoms with van der Waals surface area (Å²) in [6.07, 6.45) is 0.890. The number of rotatable bonds is 6. The van der Waals surface area contributed by atoms with Crippen LogP contribution in [0.3, 0.4) is 0 Å². The lowest BCUT2D eigenvalue weighted by molar-refractivity contribution is -0.144. The minimum Gasteiger partial charge on any atom is -0.465 e. The molecule has 0 saturated carbocycles. The van der Waals surface area contributed by atoms with Crippen molar-refractivity contribution in [3.05, 3.63) is 30.3 Å². The standard InChI is InChI=1S/C17H24N2O3S/c1-2-22-17(21)13-18-9-6-10-19(12-11-18)16(20)14-23-15-7-4-3-5-8-15/h3-5,7-8H,2,6,9-14H2,1H3. The van der Waals surface area contributed by atoms with Crippen LogP contribution in [0.1, 0.15) is 13.3 Å². The molecule has 0 atom stereocenters. The van der Waals surface area contributed by atoms with Gasteiger partial charge in [-0.3, -0.25) is 14.5 Å². The maximum absolute atomic E-state index is 12.4. The number of carbonyl (C=O) groups is 2. The van der Waals surface area contributed by atoms with E-state index >= 15 is 0 Å². The first-order valence-corrected chi connectivity index (χ1v) is 9.01. The van der Waals surface area contributed by atoms with E-state index in [4.69, 9.17) is 4.74 Å². The Morgan fingerprint density at radius 3 is 2.65 bits per heavy atom. The van der Waals surface area contributed by atoms with Crippen LogP contribution in [0, 0.1) is 0 Å². The maximum atomic E-state index is 12.4. The number of carbonyl (C=O) groups excluding carboxylic acids is 2. The Balaban J connectivity index is 1.76. The number of ether oxygens (including phenoxy) is 1. The quantitative estimate of drug-likeness (QED) is 0.586. The Bertz CT molecular complexity index is 510. The van der Waals surface area contributed by atoms with E-state index < -0.39 is 0 Å². The van der Waals surface area contributed by atoms with E-state index in [1.165, 1.54) is 0 Å². The highest BCUT2D eigenvalue weighted by atomic mass is 32.2. The van der Waals surface area contributed by atoms with Gasteiger partial charge in [-0.1, -0.05) is 18.2 Å². The predicted molar refractivity (Wildman–Crippen MR) is 91.4 cm³/mol. The van der Waals surface area contributed by atoms with Gasteiger partial charge in [-0.2, -0.15) is 0 Å². The van der Waals surface area contributed by atoms with Crippen LogP contribution in [-0.2, 0) is 14.3 Å². The van der Waals surface area contributed by atoms with Gasteiger partial charge in [-0.15, -0.1) is 11.8 Å². The third kappa shape index (κ3) is 6.23. The van der Waals surface area contributed by atoms with Crippen LogP contribution in [0.25, 0.3) is 0 Å². The molecule has 1 fully saturated rings. The van der Waals surface area contributed by atoms with Gasteiger partial charge >= 0.3 is 5.97 Å². The third-order valence-corrected chi connectivity index (χ3v) is 4.70. The van der Waals surface area contributed by atoms with Gasteiger partial charge in [-0.05, 0) is 25.5 Å². The highest BCUT2D eigenvalue weighted by Gasteiger charge is 2.20. The highest BCUT2D eigenvalue weighted by Crippen LogP contribution is 2.17. The summed E-state index contributed by atoms with van der Waals surface area (Å²) in [6, 6.07) is 9.96. The van der Waals surface area contributed by atoms with Crippen LogP contribution in [-0.4, -0.2) is 66.8 Å². The number of nitrogens with zero attached hydrogens (tertiary/aromatic N) is 2. The molecule has 0 aliphatic carbocycles. The second-order valence-electron chi connectivity index (χ2n) is 5.42. The van der Waals surface area contributed by atoms with Gasteiger partial charge in [0, 0.05) is 31.1 Å². The van der Waals surface area contributed by atoms with E-state index in [0.717, 1.165) is 31.0 Å². The molecule has 6 heteroatoms. The average molecular weight is 336 g/mol. The lowest BCUT2D eigenvalue weighted by atomic mass is 10.4. The molecule has 0 spiro atoms. The summed E-state index contributed by atoms with van der Waals surface area (Å²) in [5.74, 6) is 0.436. The van der Waals surface area contributed by atoms with Crippen molar-refractivity contribution in [2.45, 2.75) is 18.2 Å². The molecule has 0 N–H and O–H groups in total. The first-order chi connectivity index (χ1) is 11.2. The van der Waals surface area contributed by atoms with Crippen molar-refractivity contribution in [1.29, 1.82) is 0 Å². The number of hydrogen-bond acceptors (Lipinski definition) is 5. The van der Waals surface area contributed by atoms with Crippen LogP contribution in [0.15, 0.2) is 35.2 Å². The van der Waals surface area contributed by atoms with Gasteiger partial charge in [0.1, 0.15) is 0 Å². The van der Waals surface area contributed by atoms with Crippen molar-refractivity contribution in [3.8, 4) is 0 Å². The molecule has 1 amide bonds. The molecule has 1 heterocycles. The number of hydrogen-bond donors (Lipinski definition) is 0. The van der Waals surface area contributed by atoms with Gasteiger partial charge in [0.15, 0.2) is 0 Å². The lowest BCUT2D eigenvalue weighted by Crippen LogP contribution is -2.37. The Morgan fingerprint density at radius 1 is 1.13 bits per heavy atom. The van der Waals surface area contributed by atoms with E-state index in [-0.39, 0.29) is 11.9 Å². The van der Waals surface area contributed by atoms with Crippen molar-refractivity contribution < 1.29 is 14.3 Å². The van der Waals surface area contributed by atoms with Gasteiger partial charge in [-0.25, -0.2) is 0 Å². The average Bonchev–Trinajstić information content (AvgIpc) is 2.79. The Hall–Kier alpha value is -1.53. The Kier molecular flexibility index (Phi) is 7.42. The summed E-state index contributed by atoms with van der Waals surface area (Å²) >= 11 is 1.57. The van der Waals surface area contributed by atoms with Crippen molar-refractivity contribution >= 4 is 23.6 Å². The van der Waals surface area contributed by atoms with E-state index in [2.05, 4.69) is 4.90 Å². The minimum absolute atomic E-state index is 0.164. The molecular formula is C17H24N2O3S. The first-order valence-electron chi connectivity index (χ1n) is 8.02. The Labute approximate surface area is 142 Å². The smallest absolute Gasteiger partial charge is 0.320 e. The summed E-state index contributed by atoms with van der Waals surface area (Å²) in [5, 5.41) is 0. The fraction of sp³-hybridized carbons (Fsp3) is 0.529. The van der Waals surface area contributed by atoms with Gasteiger partial charge in [0.2, 0.25) is 5.91 Å². The van der Waals surface area contributed by atoms with Gasteiger partial charge < -0.3 is 9.64 Å². The summed E-state index contributed by atoms with van der Waals surface area (Å²) in [4.78, 5) is 29.0. The second kappa shape index (κ2) is 9.57. The second-order valence-corrected chi connectivity index (χ2v) is 6.47. The lowest BCUT2D eigenvalue weighted by Gasteiger charge is -2.21. The molecule has 1 saturated heterocycles. The fourth-order valence-electron chi connectivity index (χ4n) is 2.52. The highest BCUT2D eigenvalue weighted by molar-refractivity contribution is 8.00. The van der Waals surface area contributed by atoms with E-state index in [9.17, 15) is 9.59 Å². The molecule has 0 radical (unpaired) electrons. The van der Waals surface area contributed by atoms with Crippen LogP contribution in [0.4, 0.5) is 0 Å². The topological polar surface area (TPSA) is 49.9 Å². The summed E-state index contributed by atoms with van der Waals surface area (Å²) in [6.45, 7) is 5.52. The van der Waals surface area contributed by atoms with E-state index in [0.29, 0.717) is 25.4 Å². The molecule has 2 rings (SSSR count). The number of amides is 1. The van der Waals surface area contributed by atoms with Crippen LogP contribution in [0.5, 0.6) is 0 Å². The SMILES string of the molecule is CCOC(=O)CN1CCCN(C(=O)CSc2ccccc2)CC1. The number of esters is 1. The predicted octanol–water partition coefficient (Wildman–Crippen LogP) is 1.88. The Morgan fingerprint density at radius 2 is 1.91 bits per heavy atom. The minimum atomic E-state index is -0.188. The molecular weight excluding hydrogens is 312 g/mol. The summed E-state index contributed by atoms with van der Waals surface area (Å²) < 4.78 is 4.98. The zero-order chi connectivity index (χ0) is 16.5. The van der Waals surface area contributed by atoms with Crippen LogP contribution < -0.4 is 0 Å². The molecule has 1 aliphatic heterocycles. The van der Waals surface area contributed by atoms with Crippen LogP contribution in [0.2, 0.25) is 0 Å². The molecule has 5 nitrogen and oxygen atoms in total. The molecule has 126 valence electrons. The molecule has 0 bridgehead atoms. The largest absolute Gasteiger partial charge is 0.465 e. The normalized spacial score (nSPS) is 16.0. The molecule has 1 aliphatic rings. The monoisotopic (exact) mass is 336 g/mol. The summed E-state index contributed by atoms with van der Waals surface area (Å²) in [7, 11) is 0. The van der Waals surface area contributed by atoms with E-state index in [1.54, 1.807) is 11.8 Å². The number of benzene rings is 1. The zero-order valence-electron chi connectivity index (χ0n) is 13.6. The molecule has 1 aromatic rings. The fourth-order valence-corrected chi connectivity index (χ4v) is 3.34. The summed E-state index contributed by atoms with van der Waals surface area (Å²) in [5.41, 5.74) is 0. The molecule has 0 unspecified atom stereocenters. The van der Waals surface area contributed by atoms with Crippen LogP contribution >= 0.6 is 11.8 Å². The van der Waals surface area contributed by atoms with Crippen molar-refractivity contribution in [2.75, 3.05) is 45.1 Å². The van der Waals surface area contributed by atoms with Crippen molar-refractivity contribution in [1.82, 2.24) is 9.80 Å². The van der Waals surface area contributed by atoms with Gasteiger partial charge in [0.25, 0.3) is 0 Å².